The summed E-state index contributed by atoms with van der Waals surface area (Å²) < 4.78 is 32.9. The first kappa shape index (κ1) is 29.9. The van der Waals surface area contributed by atoms with Crippen molar-refractivity contribution in [1.29, 1.82) is 0 Å². The van der Waals surface area contributed by atoms with E-state index in [1.807, 2.05) is 133 Å². The lowest BCUT2D eigenvalue weighted by Crippen LogP contribution is -2.29. The first-order valence-corrected chi connectivity index (χ1v) is 17.4. The molecule has 0 aliphatic carbocycles. The Balaban J connectivity index is 1.28. The second kappa shape index (κ2) is 13.3. The van der Waals surface area contributed by atoms with Crippen molar-refractivity contribution < 1.29 is 22.8 Å². The molecule has 7 heteroatoms. The molecule has 46 heavy (non-hydrogen) atoms. The molecule has 0 radical (unpaired) electrons. The highest BCUT2D eigenvalue weighted by Gasteiger charge is 2.38. The molecule has 0 bridgehead atoms. The Bertz CT molecular complexity index is 1820. The van der Waals surface area contributed by atoms with Gasteiger partial charge in [-0.3, -0.25) is 0 Å². The van der Waals surface area contributed by atoms with Gasteiger partial charge in [-0.15, -0.1) is 0 Å². The highest BCUT2D eigenvalue weighted by Crippen LogP contribution is 2.52. The van der Waals surface area contributed by atoms with E-state index in [1.165, 1.54) is 0 Å². The maximum Gasteiger partial charge on any atom is 0.330 e. The van der Waals surface area contributed by atoms with Gasteiger partial charge in [0.2, 0.25) is 0 Å². The van der Waals surface area contributed by atoms with Gasteiger partial charge in [-0.25, -0.2) is 0 Å². The molecule has 0 saturated heterocycles. The number of hydrogen-bond acceptors (Lipinski definition) is 5. The standard InChI is InChI=1S/C39H32O5P2/c1-39(2)34-27-26-33(45(41-29-16-7-3-8-17-29)42-30-18-9-4-10-19-30)28-36(34)40-38-35(39)24-15-25-37(38)46(43-31-20-11-5-12-21-31)44-32-22-13-6-14-23-32/h3-28H,1-2H3. The minimum absolute atomic E-state index is 0.360. The maximum absolute atomic E-state index is 6.85. The molecule has 0 aromatic heterocycles. The zero-order chi connectivity index (χ0) is 31.3. The highest BCUT2D eigenvalue weighted by atomic mass is 31.2. The molecule has 0 amide bonds. The molecular weight excluding hydrogens is 610 g/mol. The summed E-state index contributed by atoms with van der Waals surface area (Å²) in [6, 6.07) is 51.5. The molecule has 0 N–H and O–H groups in total. The smallest absolute Gasteiger partial charge is 0.330 e. The zero-order valence-corrected chi connectivity index (χ0v) is 27.2. The lowest BCUT2D eigenvalue weighted by Gasteiger charge is -2.36. The molecule has 1 heterocycles. The predicted octanol–water partition coefficient (Wildman–Crippen LogP) is 10.3. The Morgan fingerprint density at radius 3 is 1.39 bits per heavy atom. The summed E-state index contributed by atoms with van der Waals surface area (Å²) >= 11 is 0. The number of benzene rings is 6. The Labute approximate surface area is 272 Å². The fraction of sp³-hybridized carbons (Fsp3) is 0.0769. The van der Waals surface area contributed by atoms with Crippen molar-refractivity contribution >= 4 is 27.4 Å². The summed E-state index contributed by atoms with van der Waals surface area (Å²) in [6.07, 6.45) is 0. The number of ether oxygens (including phenoxy) is 1. The SMILES string of the molecule is CC1(C)c2ccc(P(Oc3ccccc3)Oc3ccccc3)cc2Oc2c(P(Oc3ccccc3)Oc3ccccc3)cccc21. The van der Waals surface area contributed by atoms with Crippen LogP contribution in [0.3, 0.4) is 0 Å². The van der Waals surface area contributed by atoms with E-state index in [-0.39, 0.29) is 5.41 Å². The Morgan fingerprint density at radius 1 is 0.457 bits per heavy atom. The van der Waals surface area contributed by atoms with Gasteiger partial charge >= 0.3 is 16.8 Å². The summed E-state index contributed by atoms with van der Waals surface area (Å²) in [5, 5.41) is 1.74. The van der Waals surface area contributed by atoms with Crippen LogP contribution in [0.15, 0.2) is 158 Å². The summed E-state index contributed by atoms with van der Waals surface area (Å²) in [4.78, 5) is 0. The van der Waals surface area contributed by atoms with Crippen LogP contribution in [0, 0.1) is 0 Å². The van der Waals surface area contributed by atoms with E-state index in [2.05, 4.69) is 38.1 Å². The van der Waals surface area contributed by atoms with Crippen molar-refractivity contribution in [2.75, 3.05) is 0 Å². The zero-order valence-electron chi connectivity index (χ0n) is 25.4. The third-order valence-corrected chi connectivity index (χ3v) is 10.6. The largest absolute Gasteiger partial charge is 0.456 e. The molecule has 0 saturated carbocycles. The lowest BCUT2D eigenvalue weighted by molar-refractivity contribution is 0.419. The molecule has 7 rings (SSSR count). The highest BCUT2D eigenvalue weighted by molar-refractivity contribution is 7.57. The van der Waals surface area contributed by atoms with Crippen LogP contribution in [0.5, 0.6) is 34.5 Å². The molecule has 1 aliphatic rings. The van der Waals surface area contributed by atoms with Crippen LogP contribution in [0.1, 0.15) is 25.0 Å². The number of rotatable bonds is 10. The van der Waals surface area contributed by atoms with Gasteiger partial charge in [0.15, 0.2) is 0 Å². The first-order valence-electron chi connectivity index (χ1n) is 15.0. The first-order chi connectivity index (χ1) is 22.5. The van der Waals surface area contributed by atoms with E-state index in [0.717, 1.165) is 56.2 Å². The van der Waals surface area contributed by atoms with Crippen molar-refractivity contribution in [3.8, 4) is 34.5 Å². The molecule has 0 fully saturated rings. The van der Waals surface area contributed by atoms with Crippen LogP contribution in [0.4, 0.5) is 0 Å². The van der Waals surface area contributed by atoms with E-state index >= 15 is 0 Å². The van der Waals surface area contributed by atoms with Gasteiger partial charge in [0.05, 0.1) is 10.6 Å². The fourth-order valence-corrected chi connectivity index (χ4v) is 7.99. The minimum Gasteiger partial charge on any atom is -0.456 e. The summed E-state index contributed by atoms with van der Waals surface area (Å²) in [7, 11) is -3.14. The van der Waals surface area contributed by atoms with Gasteiger partial charge in [-0.05, 0) is 66.7 Å². The summed E-state index contributed by atoms with van der Waals surface area (Å²) in [5.41, 5.74) is 1.78. The van der Waals surface area contributed by atoms with E-state index in [0.29, 0.717) is 0 Å². The van der Waals surface area contributed by atoms with Crippen LogP contribution < -0.4 is 33.4 Å². The van der Waals surface area contributed by atoms with Crippen LogP contribution in [0.25, 0.3) is 0 Å². The minimum atomic E-state index is -1.61. The monoisotopic (exact) mass is 642 g/mol. The Hall–Kier alpha value is -4.82. The van der Waals surface area contributed by atoms with Crippen molar-refractivity contribution in [1.82, 2.24) is 0 Å². The van der Waals surface area contributed by atoms with Crippen LogP contribution in [0.2, 0.25) is 0 Å². The third kappa shape index (κ3) is 6.44. The average molecular weight is 643 g/mol. The van der Waals surface area contributed by atoms with E-state index < -0.39 is 16.8 Å². The summed E-state index contributed by atoms with van der Waals surface area (Å²) in [5.74, 6) is 4.41. The average Bonchev–Trinajstić information content (AvgIpc) is 3.09. The van der Waals surface area contributed by atoms with Gasteiger partial charge < -0.3 is 22.8 Å². The van der Waals surface area contributed by atoms with Gasteiger partial charge in [-0.2, -0.15) is 0 Å². The van der Waals surface area contributed by atoms with Crippen LogP contribution >= 0.6 is 16.8 Å². The van der Waals surface area contributed by atoms with Crippen molar-refractivity contribution in [3.63, 3.8) is 0 Å². The van der Waals surface area contributed by atoms with Crippen LogP contribution in [-0.2, 0) is 5.41 Å². The molecule has 6 aromatic rings. The van der Waals surface area contributed by atoms with E-state index in [1.54, 1.807) is 0 Å². The molecule has 0 spiro atoms. The van der Waals surface area contributed by atoms with Crippen molar-refractivity contribution in [3.05, 3.63) is 169 Å². The molecule has 0 unspecified atom stereocenters. The number of fused-ring (bicyclic) bond motifs is 2. The number of para-hydroxylation sites is 5. The van der Waals surface area contributed by atoms with Gasteiger partial charge in [0.1, 0.15) is 34.5 Å². The maximum atomic E-state index is 6.85. The second-order valence-corrected chi connectivity index (χ2v) is 13.9. The molecule has 5 nitrogen and oxygen atoms in total. The van der Waals surface area contributed by atoms with Gasteiger partial charge in [0, 0.05) is 16.5 Å². The van der Waals surface area contributed by atoms with Gasteiger partial charge in [0.25, 0.3) is 0 Å². The van der Waals surface area contributed by atoms with Crippen molar-refractivity contribution in [2.24, 2.45) is 0 Å². The Morgan fingerprint density at radius 2 is 0.913 bits per heavy atom. The third-order valence-electron chi connectivity index (χ3n) is 7.65. The fourth-order valence-electron chi connectivity index (χ4n) is 5.30. The predicted molar refractivity (Wildman–Crippen MR) is 186 cm³/mol. The molecule has 6 aromatic carbocycles. The lowest BCUT2D eigenvalue weighted by atomic mass is 9.76. The number of hydrogen-bond donors (Lipinski definition) is 0. The quantitative estimate of drug-likeness (QED) is 0.139. The van der Waals surface area contributed by atoms with E-state index in [9.17, 15) is 0 Å². The van der Waals surface area contributed by atoms with E-state index in [4.69, 9.17) is 22.8 Å². The normalized spacial score (nSPS) is 12.9. The topological polar surface area (TPSA) is 46.2 Å². The second-order valence-electron chi connectivity index (χ2n) is 11.2. The molecule has 1 aliphatic heterocycles. The summed E-state index contributed by atoms with van der Waals surface area (Å²) in [6.45, 7) is 4.44. The molecule has 228 valence electrons. The molecule has 0 atom stereocenters. The van der Waals surface area contributed by atoms with Crippen LogP contribution in [-0.4, -0.2) is 0 Å². The van der Waals surface area contributed by atoms with Gasteiger partial charge in [-0.1, -0.05) is 105 Å². The Kier molecular flexibility index (Phi) is 8.62. The van der Waals surface area contributed by atoms with Crippen molar-refractivity contribution in [2.45, 2.75) is 19.3 Å². The molecular formula is C39H32O5P2.